The van der Waals surface area contributed by atoms with E-state index in [-0.39, 0.29) is 11.8 Å². The van der Waals surface area contributed by atoms with E-state index in [4.69, 9.17) is 5.73 Å². The van der Waals surface area contributed by atoms with Crippen LogP contribution in [-0.2, 0) is 16.3 Å². The molecule has 1 unspecified atom stereocenters. The number of nitrogens with one attached hydrogen (secondary N) is 1. The van der Waals surface area contributed by atoms with Gasteiger partial charge in [-0.3, -0.25) is 4.99 Å². The smallest absolute Gasteiger partial charge is 0.188 e. The predicted octanol–water partition coefficient (Wildman–Crippen LogP) is 1.16. The number of hydrogen-bond donors (Lipinski definition) is 2. The molecule has 0 spiro atoms. The molecule has 3 N–H and O–H groups in total. The van der Waals surface area contributed by atoms with Gasteiger partial charge < -0.3 is 11.1 Å². The average molecular weight is 315 g/mol. The van der Waals surface area contributed by atoms with Crippen LogP contribution in [0.5, 0.6) is 0 Å². The zero-order valence-corrected chi connectivity index (χ0v) is 13.0. The quantitative estimate of drug-likeness (QED) is 0.631. The Hall–Kier alpha value is -1.08. The Balaban J connectivity index is 1.75. The molecule has 1 aliphatic heterocycles. The van der Waals surface area contributed by atoms with E-state index in [0.717, 1.165) is 19.3 Å². The molecule has 112 valence electrons. The summed E-state index contributed by atoms with van der Waals surface area (Å²) >= 11 is 1.71. The van der Waals surface area contributed by atoms with Crippen LogP contribution < -0.4 is 11.1 Å². The lowest BCUT2D eigenvalue weighted by Crippen LogP contribution is -2.36. The first-order valence-electron chi connectivity index (χ1n) is 6.85. The van der Waals surface area contributed by atoms with Crippen molar-refractivity contribution in [3.8, 4) is 0 Å². The molecular weight excluding hydrogens is 294 g/mol. The van der Waals surface area contributed by atoms with Gasteiger partial charge in [-0.05, 0) is 30.7 Å². The Kier molecular flexibility index (Phi) is 5.42. The normalized spacial score (nSPS) is 22.6. The number of hydrogen-bond acceptors (Lipinski definition) is 4. The van der Waals surface area contributed by atoms with Crippen LogP contribution in [0.2, 0.25) is 0 Å². The van der Waals surface area contributed by atoms with Crippen molar-refractivity contribution in [2.24, 2.45) is 10.7 Å². The molecule has 1 aromatic rings. The molecule has 1 aliphatic rings. The van der Waals surface area contributed by atoms with Gasteiger partial charge in [-0.15, -0.1) is 11.3 Å². The maximum absolute atomic E-state index is 11.8. The van der Waals surface area contributed by atoms with Crippen LogP contribution in [0.1, 0.15) is 24.1 Å². The van der Waals surface area contributed by atoms with Gasteiger partial charge in [-0.25, -0.2) is 8.42 Å². The van der Waals surface area contributed by atoms with Crippen molar-refractivity contribution >= 4 is 27.1 Å². The summed E-state index contributed by atoms with van der Waals surface area (Å²) in [4.78, 5) is 5.46. The highest BCUT2D eigenvalue weighted by atomic mass is 32.2. The van der Waals surface area contributed by atoms with Crippen LogP contribution in [0.25, 0.3) is 0 Å². The molecule has 1 saturated heterocycles. The van der Waals surface area contributed by atoms with Gasteiger partial charge in [0.25, 0.3) is 0 Å². The van der Waals surface area contributed by atoms with E-state index in [1.54, 1.807) is 11.3 Å². The van der Waals surface area contributed by atoms with Crippen molar-refractivity contribution in [2.75, 3.05) is 18.8 Å². The van der Waals surface area contributed by atoms with Gasteiger partial charge in [0.15, 0.2) is 15.8 Å². The number of sulfone groups is 1. The fourth-order valence-electron chi connectivity index (χ4n) is 2.25. The second-order valence-electron chi connectivity index (χ2n) is 4.97. The molecule has 0 bridgehead atoms. The number of aliphatic imine (C=N–C) groups is 1. The zero-order chi connectivity index (χ0) is 14.4. The third kappa shape index (κ3) is 4.49. The van der Waals surface area contributed by atoms with Crippen molar-refractivity contribution in [2.45, 2.75) is 30.9 Å². The van der Waals surface area contributed by atoms with E-state index in [9.17, 15) is 8.42 Å². The van der Waals surface area contributed by atoms with Crippen LogP contribution in [0.4, 0.5) is 0 Å². The molecular formula is C13H21N3O2S2. The highest BCUT2D eigenvalue weighted by Crippen LogP contribution is 2.19. The van der Waals surface area contributed by atoms with E-state index >= 15 is 0 Å². The minimum Gasteiger partial charge on any atom is -0.370 e. The van der Waals surface area contributed by atoms with Crippen LogP contribution >= 0.6 is 11.3 Å². The van der Waals surface area contributed by atoms with Gasteiger partial charge in [-0.2, -0.15) is 0 Å². The monoisotopic (exact) mass is 315 g/mol. The van der Waals surface area contributed by atoms with Gasteiger partial charge in [0.1, 0.15) is 0 Å². The van der Waals surface area contributed by atoms with E-state index in [1.165, 1.54) is 4.88 Å². The summed E-state index contributed by atoms with van der Waals surface area (Å²) in [6.07, 6.45) is 3.34. The second-order valence-corrected chi connectivity index (χ2v) is 8.40. The highest BCUT2D eigenvalue weighted by Gasteiger charge is 2.28. The summed E-state index contributed by atoms with van der Waals surface area (Å²) in [5.74, 6) is 0.626. The van der Waals surface area contributed by atoms with Crippen LogP contribution in [0, 0.1) is 0 Å². The van der Waals surface area contributed by atoms with Gasteiger partial charge in [0.05, 0.1) is 17.5 Å². The Morgan fingerprint density at radius 2 is 2.35 bits per heavy atom. The van der Waals surface area contributed by atoms with Crippen LogP contribution in [0.15, 0.2) is 22.5 Å². The summed E-state index contributed by atoms with van der Waals surface area (Å²) in [5.41, 5.74) is 5.77. The van der Waals surface area contributed by atoms with E-state index in [0.29, 0.717) is 24.7 Å². The molecule has 0 aromatic carbocycles. The first-order chi connectivity index (χ1) is 9.58. The van der Waals surface area contributed by atoms with Crippen LogP contribution in [-0.4, -0.2) is 38.5 Å². The Morgan fingerprint density at radius 1 is 1.50 bits per heavy atom. The topological polar surface area (TPSA) is 84.5 Å². The summed E-state index contributed by atoms with van der Waals surface area (Å²) in [5, 5.41) is 4.72. The Bertz CT molecular complexity index is 538. The first kappa shape index (κ1) is 15.3. The minimum atomic E-state index is -2.96. The van der Waals surface area contributed by atoms with Crippen molar-refractivity contribution < 1.29 is 8.42 Å². The van der Waals surface area contributed by atoms with Crippen molar-refractivity contribution in [1.29, 1.82) is 0 Å². The molecule has 0 saturated carbocycles. The van der Waals surface area contributed by atoms with E-state index < -0.39 is 9.84 Å². The van der Waals surface area contributed by atoms with Gasteiger partial charge in [0.2, 0.25) is 0 Å². The lowest BCUT2D eigenvalue weighted by Gasteiger charge is -2.20. The summed E-state index contributed by atoms with van der Waals surface area (Å²) in [6, 6.07) is 4.10. The SMILES string of the molecule is NC(=NCC1CCCCS1(=O)=O)NCCc1cccs1. The Morgan fingerprint density at radius 3 is 3.05 bits per heavy atom. The fraction of sp³-hybridized carbons (Fsp3) is 0.615. The lowest BCUT2D eigenvalue weighted by molar-refractivity contribution is 0.541. The molecule has 2 rings (SSSR count). The van der Waals surface area contributed by atoms with E-state index in [2.05, 4.69) is 16.4 Å². The van der Waals surface area contributed by atoms with Gasteiger partial charge in [0, 0.05) is 11.4 Å². The number of guanidine groups is 1. The summed E-state index contributed by atoms with van der Waals surface area (Å²) in [7, 11) is -2.96. The zero-order valence-electron chi connectivity index (χ0n) is 11.4. The molecule has 20 heavy (non-hydrogen) atoms. The lowest BCUT2D eigenvalue weighted by atomic mass is 10.2. The standard InChI is InChI=1S/C13H21N3O2S2/c14-13(15-7-6-11-4-3-8-19-11)16-10-12-5-1-2-9-20(12,17)18/h3-4,8,12H,1-2,5-7,9-10H2,(H3,14,15,16). The average Bonchev–Trinajstić information content (AvgIpc) is 2.90. The second kappa shape index (κ2) is 7.08. The first-order valence-corrected chi connectivity index (χ1v) is 9.45. The largest absolute Gasteiger partial charge is 0.370 e. The molecule has 1 atom stereocenters. The number of thiophene rings is 1. The van der Waals surface area contributed by atoms with Crippen molar-refractivity contribution in [3.63, 3.8) is 0 Å². The number of nitrogens with zero attached hydrogens (tertiary/aromatic N) is 1. The molecule has 0 aliphatic carbocycles. The van der Waals surface area contributed by atoms with Gasteiger partial charge in [-0.1, -0.05) is 12.5 Å². The maximum atomic E-state index is 11.8. The molecule has 1 aromatic heterocycles. The maximum Gasteiger partial charge on any atom is 0.188 e. The molecule has 0 amide bonds. The summed E-state index contributed by atoms with van der Waals surface area (Å²) in [6.45, 7) is 0.993. The Labute approximate surface area is 124 Å². The van der Waals surface area contributed by atoms with Crippen molar-refractivity contribution in [3.05, 3.63) is 22.4 Å². The predicted molar refractivity (Wildman–Crippen MR) is 83.9 cm³/mol. The fourth-order valence-corrected chi connectivity index (χ4v) is 4.73. The molecule has 2 heterocycles. The molecule has 7 heteroatoms. The molecule has 1 fully saturated rings. The highest BCUT2D eigenvalue weighted by molar-refractivity contribution is 7.92. The van der Waals surface area contributed by atoms with E-state index in [1.807, 2.05) is 11.4 Å². The third-order valence-corrected chi connectivity index (χ3v) is 6.63. The minimum absolute atomic E-state index is 0.278. The molecule has 5 nitrogen and oxygen atoms in total. The third-order valence-electron chi connectivity index (χ3n) is 3.44. The van der Waals surface area contributed by atoms with Crippen LogP contribution in [0.3, 0.4) is 0 Å². The van der Waals surface area contributed by atoms with Crippen molar-refractivity contribution in [1.82, 2.24) is 5.32 Å². The number of nitrogens with two attached hydrogens (primary N) is 1. The number of rotatable bonds is 5. The molecule has 0 radical (unpaired) electrons. The van der Waals surface area contributed by atoms with Gasteiger partial charge >= 0.3 is 0 Å². The summed E-state index contributed by atoms with van der Waals surface area (Å²) < 4.78 is 23.7.